The fourth-order valence-electron chi connectivity index (χ4n) is 3.73. The molecule has 4 rings (SSSR count). The highest BCUT2D eigenvalue weighted by atomic mass is 16.6. The molecular formula is C23H31N5O3. The number of hydrogen-bond donors (Lipinski definition) is 1. The number of nitrogens with one attached hydrogen (secondary N) is 1. The number of fused-ring (bicyclic) bond motifs is 1. The van der Waals surface area contributed by atoms with Crippen LogP contribution in [0.2, 0.25) is 0 Å². The van der Waals surface area contributed by atoms with Crippen LogP contribution in [0.15, 0.2) is 18.3 Å². The second kappa shape index (κ2) is 8.42. The van der Waals surface area contributed by atoms with Gasteiger partial charge in [0.2, 0.25) is 5.91 Å². The van der Waals surface area contributed by atoms with E-state index in [0.29, 0.717) is 24.7 Å². The highest BCUT2D eigenvalue weighted by molar-refractivity contribution is 5.85. The Balaban J connectivity index is 1.64. The molecular weight excluding hydrogens is 394 g/mol. The minimum Gasteiger partial charge on any atom is -0.485 e. The lowest BCUT2D eigenvalue weighted by Crippen LogP contribution is -2.50. The fourth-order valence-corrected chi connectivity index (χ4v) is 3.73. The largest absolute Gasteiger partial charge is 0.485 e. The average molecular weight is 426 g/mol. The first kappa shape index (κ1) is 21.5. The molecule has 166 valence electrons. The second-order valence-corrected chi connectivity index (χ2v) is 9.33. The summed E-state index contributed by atoms with van der Waals surface area (Å²) in [5.74, 6) is 2.06. The number of pyridine rings is 1. The van der Waals surface area contributed by atoms with E-state index in [9.17, 15) is 4.79 Å². The molecule has 1 unspecified atom stereocenters. The quantitative estimate of drug-likeness (QED) is 0.761. The van der Waals surface area contributed by atoms with Crippen molar-refractivity contribution < 1.29 is 14.3 Å². The topological polar surface area (TPSA) is 89.5 Å². The van der Waals surface area contributed by atoms with Crippen molar-refractivity contribution in [2.45, 2.75) is 64.6 Å². The number of hydrogen-bond acceptors (Lipinski definition) is 7. The lowest BCUT2D eigenvalue weighted by Gasteiger charge is -2.30. The SMILES string of the molecule is CC(C(=O)NC(C)(C)C)N(C)c1nc(-c2cc(OC3COC3)ccn2)nc2c1CCC2. The van der Waals surface area contributed by atoms with Crippen molar-refractivity contribution in [1.82, 2.24) is 20.3 Å². The number of likely N-dealkylation sites (N-methyl/N-ethyl adjacent to an activating group) is 1. The first-order valence-electron chi connectivity index (χ1n) is 10.9. The van der Waals surface area contributed by atoms with Crippen molar-refractivity contribution in [3.63, 3.8) is 0 Å². The minimum absolute atomic E-state index is 0.0295. The van der Waals surface area contributed by atoms with Gasteiger partial charge in [-0.1, -0.05) is 0 Å². The van der Waals surface area contributed by atoms with Crippen LogP contribution < -0.4 is 15.0 Å². The number of anilines is 1. The molecule has 0 saturated carbocycles. The molecule has 2 aromatic rings. The summed E-state index contributed by atoms with van der Waals surface area (Å²) in [5, 5.41) is 3.06. The maximum atomic E-state index is 12.8. The Bertz CT molecular complexity index is 968. The Kier molecular flexibility index (Phi) is 5.83. The summed E-state index contributed by atoms with van der Waals surface area (Å²) in [5.41, 5.74) is 2.53. The number of amides is 1. The maximum Gasteiger partial charge on any atom is 0.242 e. The first-order valence-corrected chi connectivity index (χ1v) is 10.9. The van der Waals surface area contributed by atoms with Gasteiger partial charge in [0.25, 0.3) is 0 Å². The Morgan fingerprint density at radius 2 is 2.06 bits per heavy atom. The van der Waals surface area contributed by atoms with Gasteiger partial charge in [-0.3, -0.25) is 9.78 Å². The van der Waals surface area contributed by atoms with E-state index in [-0.39, 0.29) is 23.6 Å². The molecule has 31 heavy (non-hydrogen) atoms. The van der Waals surface area contributed by atoms with E-state index >= 15 is 0 Å². The van der Waals surface area contributed by atoms with E-state index in [0.717, 1.165) is 42.1 Å². The smallest absolute Gasteiger partial charge is 0.242 e. The molecule has 1 saturated heterocycles. The Morgan fingerprint density at radius 3 is 2.74 bits per heavy atom. The highest BCUT2D eigenvalue weighted by Crippen LogP contribution is 2.32. The molecule has 2 aromatic heterocycles. The molecule has 1 amide bonds. The molecule has 2 aliphatic rings. The van der Waals surface area contributed by atoms with E-state index < -0.39 is 0 Å². The molecule has 1 fully saturated rings. The predicted molar refractivity (Wildman–Crippen MR) is 118 cm³/mol. The van der Waals surface area contributed by atoms with Crippen LogP contribution >= 0.6 is 0 Å². The third kappa shape index (κ3) is 4.79. The standard InChI is InChI=1S/C23H31N5O3/c1-14(22(29)27-23(2,3)4)28(5)21-17-7-6-8-18(17)25-20(26-21)19-11-15(9-10-24-19)31-16-12-30-13-16/h9-11,14,16H,6-8,12-13H2,1-5H3,(H,27,29). The molecule has 3 heterocycles. The van der Waals surface area contributed by atoms with Gasteiger partial charge in [-0.25, -0.2) is 9.97 Å². The van der Waals surface area contributed by atoms with Gasteiger partial charge in [-0.15, -0.1) is 0 Å². The average Bonchev–Trinajstić information content (AvgIpc) is 3.16. The molecule has 8 heteroatoms. The van der Waals surface area contributed by atoms with Gasteiger partial charge in [-0.05, 0) is 53.0 Å². The molecule has 8 nitrogen and oxygen atoms in total. The van der Waals surface area contributed by atoms with Gasteiger partial charge >= 0.3 is 0 Å². The zero-order valence-electron chi connectivity index (χ0n) is 18.9. The van der Waals surface area contributed by atoms with Gasteiger partial charge in [0, 0.05) is 36.1 Å². The number of nitrogens with zero attached hydrogens (tertiary/aromatic N) is 4. The highest BCUT2D eigenvalue weighted by Gasteiger charge is 2.28. The maximum absolute atomic E-state index is 12.8. The summed E-state index contributed by atoms with van der Waals surface area (Å²) >= 11 is 0. The van der Waals surface area contributed by atoms with E-state index in [1.165, 1.54) is 0 Å². The fraction of sp³-hybridized carbons (Fsp3) is 0.565. The zero-order chi connectivity index (χ0) is 22.2. The van der Waals surface area contributed by atoms with Crippen LogP contribution in [0.25, 0.3) is 11.5 Å². The van der Waals surface area contributed by atoms with Crippen LogP contribution in [0.5, 0.6) is 5.75 Å². The summed E-state index contributed by atoms with van der Waals surface area (Å²) in [6.07, 6.45) is 4.66. The van der Waals surface area contributed by atoms with Gasteiger partial charge in [0.15, 0.2) is 5.82 Å². The van der Waals surface area contributed by atoms with Gasteiger partial charge in [0.1, 0.15) is 29.4 Å². The van der Waals surface area contributed by atoms with Crippen LogP contribution in [-0.2, 0) is 22.4 Å². The normalized spacial score (nSPS) is 16.9. The number of rotatable bonds is 6. The number of aryl methyl sites for hydroxylation is 1. The van der Waals surface area contributed by atoms with Crippen LogP contribution in [0, 0.1) is 0 Å². The Morgan fingerprint density at radius 1 is 1.29 bits per heavy atom. The van der Waals surface area contributed by atoms with E-state index in [1.807, 2.05) is 51.8 Å². The third-order valence-corrected chi connectivity index (χ3v) is 5.57. The van der Waals surface area contributed by atoms with E-state index in [2.05, 4.69) is 10.3 Å². The van der Waals surface area contributed by atoms with Crippen molar-refractivity contribution >= 4 is 11.7 Å². The van der Waals surface area contributed by atoms with E-state index in [4.69, 9.17) is 19.4 Å². The molecule has 1 aliphatic heterocycles. The number of ether oxygens (including phenoxy) is 2. The molecule has 0 radical (unpaired) electrons. The second-order valence-electron chi connectivity index (χ2n) is 9.33. The van der Waals surface area contributed by atoms with Crippen molar-refractivity contribution in [2.24, 2.45) is 0 Å². The van der Waals surface area contributed by atoms with Crippen molar-refractivity contribution in [3.05, 3.63) is 29.6 Å². The summed E-state index contributed by atoms with van der Waals surface area (Å²) < 4.78 is 11.1. The summed E-state index contributed by atoms with van der Waals surface area (Å²) in [6.45, 7) is 9.06. The van der Waals surface area contributed by atoms with Crippen LogP contribution in [0.1, 0.15) is 45.4 Å². The molecule has 0 bridgehead atoms. The monoisotopic (exact) mass is 425 g/mol. The van der Waals surface area contributed by atoms with Crippen molar-refractivity contribution in [1.29, 1.82) is 0 Å². The van der Waals surface area contributed by atoms with Gasteiger partial charge in [-0.2, -0.15) is 0 Å². The van der Waals surface area contributed by atoms with Gasteiger partial charge < -0.3 is 19.7 Å². The molecule has 1 atom stereocenters. The van der Waals surface area contributed by atoms with Crippen LogP contribution in [0.3, 0.4) is 0 Å². The summed E-state index contributed by atoms with van der Waals surface area (Å²) in [7, 11) is 1.92. The molecule has 0 aromatic carbocycles. The minimum atomic E-state index is -0.368. The molecule has 1 N–H and O–H groups in total. The van der Waals surface area contributed by atoms with Crippen LogP contribution in [0.4, 0.5) is 5.82 Å². The summed E-state index contributed by atoms with van der Waals surface area (Å²) in [6, 6.07) is 3.34. The number of aromatic nitrogens is 3. The lowest BCUT2D eigenvalue weighted by atomic mass is 10.1. The predicted octanol–water partition coefficient (Wildman–Crippen LogP) is 2.54. The summed E-state index contributed by atoms with van der Waals surface area (Å²) in [4.78, 5) is 28.9. The Hall–Kier alpha value is -2.74. The first-order chi connectivity index (χ1) is 14.7. The zero-order valence-corrected chi connectivity index (χ0v) is 18.9. The van der Waals surface area contributed by atoms with Gasteiger partial charge in [0.05, 0.1) is 13.2 Å². The number of carbonyl (C=O) groups is 1. The number of carbonyl (C=O) groups excluding carboxylic acids is 1. The van der Waals surface area contributed by atoms with Crippen LogP contribution in [-0.4, -0.2) is 58.8 Å². The third-order valence-electron chi connectivity index (χ3n) is 5.57. The van der Waals surface area contributed by atoms with Crippen molar-refractivity contribution in [3.8, 4) is 17.3 Å². The molecule has 1 aliphatic carbocycles. The molecule has 0 spiro atoms. The Labute approximate surface area is 183 Å². The van der Waals surface area contributed by atoms with E-state index in [1.54, 1.807) is 6.20 Å². The lowest BCUT2D eigenvalue weighted by molar-refractivity contribution is -0.123. The van der Waals surface area contributed by atoms with Crippen molar-refractivity contribution in [2.75, 3.05) is 25.2 Å².